The Kier molecular flexibility index (Phi) is 6.13. The maximum atomic E-state index is 13.2. The van der Waals surface area contributed by atoms with Crippen molar-refractivity contribution in [3.8, 4) is 0 Å². The van der Waals surface area contributed by atoms with Crippen molar-refractivity contribution in [3.05, 3.63) is 80.4 Å². The Hall–Kier alpha value is -2.80. The zero-order chi connectivity index (χ0) is 19.2. The van der Waals surface area contributed by atoms with Crippen LogP contribution in [0.15, 0.2) is 52.2 Å². The maximum Gasteiger partial charge on any atom is 0.345 e. The number of hydrogen-bond donors (Lipinski definition) is 1. The van der Waals surface area contributed by atoms with Crippen LogP contribution in [0.25, 0.3) is 0 Å². The summed E-state index contributed by atoms with van der Waals surface area (Å²) in [6.45, 7) is 4.97. The number of thiophene rings is 1. The van der Waals surface area contributed by atoms with Crippen LogP contribution in [0.4, 0.5) is 0 Å². The second kappa shape index (κ2) is 8.73. The van der Waals surface area contributed by atoms with Crippen LogP contribution in [0, 0.1) is 5.92 Å². The summed E-state index contributed by atoms with van der Waals surface area (Å²) in [6, 6.07) is 7.45. The Morgan fingerprint density at radius 3 is 2.74 bits per heavy atom. The van der Waals surface area contributed by atoms with Crippen molar-refractivity contribution in [1.82, 2.24) is 19.9 Å². The van der Waals surface area contributed by atoms with Crippen molar-refractivity contribution in [3.63, 3.8) is 0 Å². The van der Waals surface area contributed by atoms with Crippen LogP contribution in [-0.4, -0.2) is 25.8 Å². The number of aromatic nitrogens is 3. The molecule has 0 aliphatic rings. The largest absolute Gasteiger partial charge is 0.345 e. The van der Waals surface area contributed by atoms with Crippen LogP contribution in [-0.2, 0) is 19.5 Å². The zero-order valence-electron chi connectivity index (χ0n) is 15.4. The number of carbonyl (C=O) groups excluding carboxylic acids is 1. The van der Waals surface area contributed by atoms with E-state index in [9.17, 15) is 9.59 Å². The topological polar surface area (TPSA) is 79.0 Å². The summed E-state index contributed by atoms with van der Waals surface area (Å²) in [5, 5.41) is 3.99. The van der Waals surface area contributed by atoms with Gasteiger partial charge in [-0.2, -0.15) is 16.3 Å². The lowest BCUT2D eigenvalue weighted by Crippen LogP contribution is -2.32. The van der Waals surface area contributed by atoms with Crippen LogP contribution in [0.5, 0.6) is 0 Å². The molecule has 27 heavy (non-hydrogen) atoms. The summed E-state index contributed by atoms with van der Waals surface area (Å²) in [5.41, 5.74) is 2.38. The predicted molar refractivity (Wildman–Crippen MR) is 106 cm³/mol. The molecule has 0 bridgehead atoms. The number of hydrogen-bond acceptors (Lipinski definition) is 5. The summed E-state index contributed by atoms with van der Waals surface area (Å²) >= 11 is 1.59. The molecule has 0 spiro atoms. The van der Waals surface area contributed by atoms with E-state index in [0.29, 0.717) is 25.4 Å². The molecule has 0 fully saturated rings. The summed E-state index contributed by atoms with van der Waals surface area (Å²) in [4.78, 5) is 37.6. The highest BCUT2D eigenvalue weighted by molar-refractivity contribution is 7.07. The van der Waals surface area contributed by atoms with Gasteiger partial charge in [0, 0.05) is 31.2 Å². The Balaban J connectivity index is 1.90. The lowest BCUT2D eigenvalue weighted by molar-refractivity contribution is 0.0723. The van der Waals surface area contributed by atoms with E-state index in [0.717, 1.165) is 16.8 Å². The van der Waals surface area contributed by atoms with E-state index in [2.05, 4.69) is 28.8 Å². The van der Waals surface area contributed by atoms with Gasteiger partial charge in [-0.05, 0) is 52.4 Å². The highest BCUT2D eigenvalue weighted by atomic mass is 32.1. The summed E-state index contributed by atoms with van der Waals surface area (Å²) in [6.07, 6.45) is 4.12. The van der Waals surface area contributed by atoms with E-state index in [1.807, 2.05) is 29.0 Å². The number of H-pyrrole nitrogens is 1. The smallest absolute Gasteiger partial charge is 0.329 e. The van der Waals surface area contributed by atoms with E-state index in [1.54, 1.807) is 34.7 Å². The molecular formula is C20H22N4O2S. The molecule has 7 heteroatoms. The van der Waals surface area contributed by atoms with Crippen molar-refractivity contribution in [2.45, 2.75) is 33.4 Å². The van der Waals surface area contributed by atoms with Gasteiger partial charge in [0.2, 0.25) is 0 Å². The SMILES string of the molecule is CC(C)Cc1cc(C(=O)N(Cc2cccnc2)Cc2ccsc2)nc(=O)[nH]1. The molecule has 3 aromatic rings. The maximum absolute atomic E-state index is 13.2. The van der Waals surface area contributed by atoms with Gasteiger partial charge in [0.15, 0.2) is 0 Å². The van der Waals surface area contributed by atoms with E-state index in [-0.39, 0.29) is 11.6 Å². The third kappa shape index (κ3) is 5.34. The minimum absolute atomic E-state index is 0.175. The number of pyridine rings is 1. The van der Waals surface area contributed by atoms with Crippen LogP contribution >= 0.6 is 11.3 Å². The van der Waals surface area contributed by atoms with Crippen molar-refractivity contribution < 1.29 is 4.79 Å². The molecule has 3 heterocycles. The second-order valence-corrected chi connectivity index (χ2v) is 7.63. The molecule has 0 saturated carbocycles. The van der Waals surface area contributed by atoms with Gasteiger partial charge >= 0.3 is 5.69 Å². The van der Waals surface area contributed by atoms with Gasteiger partial charge in [0.05, 0.1) is 0 Å². The summed E-state index contributed by atoms with van der Waals surface area (Å²) in [7, 11) is 0. The summed E-state index contributed by atoms with van der Waals surface area (Å²) in [5.74, 6) is 0.101. The zero-order valence-corrected chi connectivity index (χ0v) is 16.2. The van der Waals surface area contributed by atoms with Crippen LogP contribution in [0.3, 0.4) is 0 Å². The van der Waals surface area contributed by atoms with E-state index in [4.69, 9.17) is 0 Å². The lowest BCUT2D eigenvalue weighted by atomic mass is 10.1. The van der Waals surface area contributed by atoms with Gasteiger partial charge in [0.25, 0.3) is 5.91 Å². The highest BCUT2D eigenvalue weighted by Gasteiger charge is 2.20. The first-order valence-electron chi connectivity index (χ1n) is 8.80. The van der Waals surface area contributed by atoms with Crippen LogP contribution in [0.2, 0.25) is 0 Å². The van der Waals surface area contributed by atoms with Crippen LogP contribution in [0.1, 0.15) is 41.2 Å². The molecule has 0 aliphatic heterocycles. The Morgan fingerprint density at radius 1 is 1.26 bits per heavy atom. The predicted octanol–water partition coefficient (Wildman–Crippen LogP) is 3.27. The number of aromatic amines is 1. The first kappa shape index (κ1) is 19.0. The molecule has 140 valence electrons. The first-order chi connectivity index (χ1) is 13.0. The van der Waals surface area contributed by atoms with E-state index < -0.39 is 5.69 Å². The second-order valence-electron chi connectivity index (χ2n) is 6.85. The number of nitrogens with one attached hydrogen (secondary N) is 1. The van der Waals surface area contributed by atoms with Crippen molar-refractivity contribution >= 4 is 17.2 Å². The fourth-order valence-electron chi connectivity index (χ4n) is 2.84. The molecule has 6 nitrogen and oxygen atoms in total. The quantitative estimate of drug-likeness (QED) is 0.680. The van der Waals surface area contributed by atoms with Crippen molar-refractivity contribution in [2.75, 3.05) is 0 Å². The molecule has 0 radical (unpaired) electrons. The highest BCUT2D eigenvalue weighted by Crippen LogP contribution is 2.15. The summed E-state index contributed by atoms with van der Waals surface area (Å²) < 4.78 is 0. The van der Waals surface area contributed by atoms with E-state index in [1.165, 1.54) is 0 Å². The fourth-order valence-corrected chi connectivity index (χ4v) is 3.50. The fraction of sp³-hybridized carbons (Fsp3) is 0.300. The lowest BCUT2D eigenvalue weighted by Gasteiger charge is -2.22. The normalized spacial score (nSPS) is 10.9. The molecule has 3 rings (SSSR count). The number of nitrogens with zero attached hydrogens (tertiary/aromatic N) is 3. The van der Waals surface area contributed by atoms with Crippen molar-refractivity contribution in [2.24, 2.45) is 5.92 Å². The van der Waals surface area contributed by atoms with Gasteiger partial charge in [-0.25, -0.2) is 4.79 Å². The molecule has 0 saturated heterocycles. The molecule has 3 aromatic heterocycles. The minimum atomic E-state index is -0.492. The van der Waals surface area contributed by atoms with Gasteiger partial charge in [-0.15, -0.1) is 0 Å². The van der Waals surface area contributed by atoms with E-state index >= 15 is 0 Å². The van der Waals surface area contributed by atoms with Gasteiger partial charge < -0.3 is 9.88 Å². The molecule has 1 amide bonds. The molecule has 0 aromatic carbocycles. The molecular weight excluding hydrogens is 360 g/mol. The van der Waals surface area contributed by atoms with Gasteiger partial charge in [-0.1, -0.05) is 19.9 Å². The monoisotopic (exact) mass is 382 g/mol. The number of amides is 1. The Morgan fingerprint density at radius 2 is 2.07 bits per heavy atom. The third-order valence-corrected chi connectivity index (χ3v) is 4.72. The Bertz CT molecular complexity index is 936. The third-order valence-electron chi connectivity index (χ3n) is 3.98. The standard InChI is InChI=1S/C20H22N4O2S/c1-14(2)8-17-9-18(23-20(26)22-17)19(25)24(12-16-5-7-27-13-16)11-15-4-3-6-21-10-15/h3-7,9-10,13-14H,8,11-12H2,1-2H3,(H,22,23,26). The van der Waals surface area contributed by atoms with Gasteiger partial charge in [0.1, 0.15) is 5.69 Å². The van der Waals surface area contributed by atoms with Gasteiger partial charge in [-0.3, -0.25) is 9.78 Å². The number of rotatable bonds is 7. The van der Waals surface area contributed by atoms with Crippen LogP contribution < -0.4 is 5.69 Å². The molecule has 0 atom stereocenters. The molecule has 0 aliphatic carbocycles. The minimum Gasteiger partial charge on any atom is -0.329 e. The number of carbonyl (C=O) groups is 1. The molecule has 0 unspecified atom stereocenters. The Labute approximate surface area is 161 Å². The molecule has 1 N–H and O–H groups in total. The average molecular weight is 382 g/mol. The first-order valence-corrected chi connectivity index (χ1v) is 9.75. The average Bonchev–Trinajstić information content (AvgIpc) is 3.13. The van der Waals surface area contributed by atoms with Crippen molar-refractivity contribution in [1.29, 1.82) is 0 Å².